The van der Waals surface area contributed by atoms with Gasteiger partial charge in [-0.25, -0.2) is 4.79 Å². The molecule has 0 unspecified atom stereocenters. The summed E-state index contributed by atoms with van der Waals surface area (Å²) in [7, 11) is 0. The summed E-state index contributed by atoms with van der Waals surface area (Å²) in [4.78, 5) is 10.6. The normalized spacial score (nSPS) is 11.5. The van der Waals surface area contributed by atoms with Gasteiger partial charge in [0.15, 0.2) is 0 Å². The quantitative estimate of drug-likeness (QED) is 0.791. The SMILES string of the molecule is C/C(=C/c1c(Cl)cccc1Cl)C(=O)O. The fourth-order valence-corrected chi connectivity index (χ4v) is 1.43. The molecule has 4 heteroatoms. The monoisotopic (exact) mass is 230 g/mol. The number of aliphatic carboxylic acids is 1. The van der Waals surface area contributed by atoms with Crippen LogP contribution in [0.4, 0.5) is 0 Å². The Bertz CT molecular complexity index is 377. The van der Waals surface area contributed by atoms with Crippen LogP contribution in [-0.4, -0.2) is 11.1 Å². The molecule has 1 aromatic rings. The second kappa shape index (κ2) is 4.49. The van der Waals surface area contributed by atoms with Gasteiger partial charge in [0.2, 0.25) is 0 Å². The maximum Gasteiger partial charge on any atom is 0.331 e. The lowest BCUT2D eigenvalue weighted by Crippen LogP contribution is -1.95. The Morgan fingerprint density at radius 2 is 1.86 bits per heavy atom. The van der Waals surface area contributed by atoms with Gasteiger partial charge in [0, 0.05) is 21.2 Å². The number of hydrogen-bond acceptors (Lipinski definition) is 1. The zero-order chi connectivity index (χ0) is 10.7. The zero-order valence-corrected chi connectivity index (χ0v) is 8.93. The van der Waals surface area contributed by atoms with E-state index >= 15 is 0 Å². The highest BCUT2D eigenvalue weighted by molar-refractivity contribution is 6.37. The number of carboxylic acid groups (broad SMARTS) is 1. The number of benzene rings is 1. The number of hydrogen-bond donors (Lipinski definition) is 1. The third-order valence-electron chi connectivity index (χ3n) is 1.70. The second-order valence-electron chi connectivity index (χ2n) is 2.77. The van der Waals surface area contributed by atoms with Crippen molar-refractivity contribution in [3.63, 3.8) is 0 Å². The van der Waals surface area contributed by atoms with Gasteiger partial charge in [-0.1, -0.05) is 29.3 Å². The lowest BCUT2D eigenvalue weighted by Gasteiger charge is -2.01. The molecule has 0 aliphatic heterocycles. The minimum absolute atomic E-state index is 0.194. The minimum Gasteiger partial charge on any atom is -0.478 e. The number of halogens is 2. The molecule has 0 bridgehead atoms. The van der Waals surface area contributed by atoms with Gasteiger partial charge in [-0.2, -0.15) is 0 Å². The van der Waals surface area contributed by atoms with E-state index in [0.717, 1.165) is 0 Å². The molecular formula is C10H8Cl2O2. The maximum absolute atomic E-state index is 10.6. The van der Waals surface area contributed by atoms with Crippen molar-refractivity contribution in [3.05, 3.63) is 39.4 Å². The highest BCUT2D eigenvalue weighted by atomic mass is 35.5. The minimum atomic E-state index is -0.985. The van der Waals surface area contributed by atoms with E-state index in [0.29, 0.717) is 15.6 Å². The van der Waals surface area contributed by atoms with Gasteiger partial charge in [-0.15, -0.1) is 0 Å². The molecule has 1 N–H and O–H groups in total. The Morgan fingerprint density at radius 3 is 2.29 bits per heavy atom. The van der Waals surface area contributed by atoms with Crippen molar-refractivity contribution in [2.75, 3.05) is 0 Å². The van der Waals surface area contributed by atoms with Crippen molar-refractivity contribution in [1.29, 1.82) is 0 Å². The molecule has 0 saturated heterocycles. The first-order valence-electron chi connectivity index (χ1n) is 3.88. The summed E-state index contributed by atoms with van der Waals surface area (Å²) >= 11 is 11.7. The second-order valence-corrected chi connectivity index (χ2v) is 3.58. The molecule has 0 saturated carbocycles. The average molecular weight is 231 g/mol. The number of carboxylic acids is 1. The maximum atomic E-state index is 10.6. The fourth-order valence-electron chi connectivity index (χ4n) is 0.927. The summed E-state index contributed by atoms with van der Waals surface area (Å²) in [5.41, 5.74) is 0.732. The first-order chi connectivity index (χ1) is 6.52. The lowest BCUT2D eigenvalue weighted by atomic mass is 10.1. The third-order valence-corrected chi connectivity index (χ3v) is 2.36. The van der Waals surface area contributed by atoms with Crippen LogP contribution in [0.1, 0.15) is 12.5 Å². The predicted molar refractivity (Wildman–Crippen MR) is 57.7 cm³/mol. The van der Waals surface area contributed by atoms with E-state index in [9.17, 15) is 4.79 Å². The Morgan fingerprint density at radius 1 is 1.36 bits per heavy atom. The van der Waals surface area contributed by atoms with E-state index in [2.05, 4.69) is 0 Å². The van der Waals surface area contributed by atoms with Gasteiger partial charge in [-0.05, 0) is 25.1 Å². The lowest BCUT2D eigenvalue weighted by molar-refractivity contribution is -0.132. The van der Waals surface area contributed by atoms with Crippen LogP contribution in [0.5, 0.6) is 0 Å². The molecule has 0 aliphatic carbocycles. The van der Waals surface area contributed by atoms with Gasteiger partial charge in [0.05, 0.1) is 0 Å². The molecule has 0 atom stereocenters. The first kappa shape index (κ1) is 11.1. The molecule has 1 rings (SSSR count). The van der Waals surface area contributed by atoms with Crippen molar-refractivity contribution >= 4 is 35.2 Å². The van der Waals surface area contributed by atoms with E-state index in [1.54, 1.807) is 18.2 Å². The number of carbonyl (C=O) groups is 1. The summed E-state index contributed by atoms with van der Waals surface area (Å²) in [6.45, 7) is 1.49. The van der Waals surface area contributed by atoms with Crippen LogP contribution in [-0.2, 0) is 4.79 Å². The Hall–Kier alpha value is -0.990. The molecule has 74 valence electrons. The van der Waals surface area contributed by atoms with Crippen molar-refractivity contribution in [3.8, 4) is 0 Å². The molecule has 0 heterocycles. The van der Waals surface area contributed by atoms with E-state index < -0.39 is 5.97 Å². The standard InChI is InChI=1S/C10H8Cl2O2/c1-6(10(13)14)5-7-8(11)3-2-4-9(7)12/h2-5H,1H3,(H,13,14)/b6-5-. The average Bonchev–Trinajstić information content (AvgIpc) is 2.11. The van der Waals surface area contributed by atoms with Crippen LogP contribution in [0.25, 0.3) is 6.08 Å². The van der Waals surface area contributed by atoms with E-state index in [-0.39, 0.29) is 5.57 Å². The Labute approximate surface area is 91.8 Å². The highest BCUT2D eigenvalue weighted by Gasteiger charge is 2.05. The van der Waals surface area contributed by atoms with Gasteiger partial charge in [0.1, 0.15) is 0 Å². The summed E-state index contributed by atoms with van der Waals surface area (Å²) in [6.07, 6.45) is 1.45. The van der Waals surface area contributed by atoms with Gasteiger partial charge < -0.3 is 5.11 Å². The fraction of sp³-hybridized carbons (Fsp3) is 0.100. The van der Waals surface area contributed by atoms with Crippen molar-refractivity contribution in [1.82, 2.24) is 0 Å². The molecule has 0 spiro atoms. The Kier molecular flexibility index (Phi) is 3.55. The topological polar surface area (TPSA) is 37.3 Å². The van der Waals surface area contributed by atoms with Crippen molar-refractivity contribution in [2.24, 2.45) is 0 Å². The zero-order valence-electron chi connectivity index (χ0n) is 7.42. The Balaban J connectivity index is 3.20. The predicted octanol–water partition coefficient (Wildman–Crippen LogP) is 3.48. The molecule has 1 aromatic carbocycles. The van der Waals surface area contributed by atoms with Gasteiger partial charge in [-0.3, -0.25) is 0 Å². The van der Waals surface area contributed by atoms with Crippen LogP contribution >= 0.6 is 23.2 Å². The first-order valence-corrected chi connectivity index (χ1v) is 4.63. The molecule has 0 amide bonds. The molecular weight excluding hydrogens is 223 g/mol. The molecule has 14 heavy (non-hydrogen) atoms. The molecule has 0 aromatic heterocycles. The van der Waals surface area contributed by atoms with Crippen LogP contribution in [0.15, 0.2) is 23.8 Å². The smallest absolute Gasteiger partial charge is 0.331 e. The molecule has 0 radical (unpaired) electrons. The molecule has 0 aliphatic rings. The summed E-state index contributed by atoms with van der Waals surface area (Å²) in [5.74, 6) is -0.985. The number of rotatable bonds is 2. The van der Waals surface area contributed by atoms with E-state index in [1.165, 1.54) is 13.0 Å². The summed E-state index contributed by atoms with van der Waals surface area (Å²) in [6, 6.07) is 5.03. The van der Waals surface area contributed by atoms with E-state index in [1.807, 2.05) is 0 Å². The summed E-state index contributed by atoms with van der Waals surface area (Å²) in [5, 5.41) is 9.56. The van der Waals surface area contributed by atoms with Crippen LogP contribution in [0, 0.1) is 0 Å². The van der Waals surface area contributed by atoms with Gasteiger partial charge >= 0.3 is 5.97 Å². The van der Waals surface area contributed by atoms with Crippen LogP contribution in [0.3, 0.4) is 0 Å². The van der Waals surface area contributed by atoms with E-state index in [4.69, 9.17) is 28.3 Å². The van der Waals surface area contributed by atoms with Crippen molar-refractivity contribution in [2.45, 2.75) is 6.92 Å². The third kappa shape index (κ3) is 2.50. The summed E-state index contributed by atoms with van der Waals surface area (Å²) < 4.78 is 0. The highest BCUT2D eigenvalue weighted by Crippen LogP contribution is 2.26. The van der Waals surface area contributed by atoms with Crippen molar-refractivity contribution < 1.29 is 9.90 Å². The molecule has 2 nitrogen and oxygen atoms in total. The van der Waals surface area contributed by atoms with Crippen LogP contribution in [0.2, 0.25) is 10.0 Å². The van der Waals surface area contributed by atoms with Gasteiger partial charge in [0.25, 0.3) is 0 Å². The van der Waals surface area contributed by atoms with Crippen LogP contribution < -0.4 is 0 Å². The largest absolute Gasteiger partial charge is 0.478 e. The molecule has 0 fully saturated rings.